The van der Waals surface area contributed by atoms with E-state index in [2.05, 4.69) is 0 Å². The summed E-state index contributed by atoms with van der Waals surface area (Å²) in [4.78, 5) is 8.00. The fourth-order valence-corrected chi connectivity index (χ4v) is 0. The van der Waals surface area contributed by atoms with Crippen molar-refractivity contribution in [2.45, 2.75) is 0 Å². The molecule has 0 heterocycles. The van der Waals surface area contributed by atoms with Crippen LogP contribution in [-0.2, 0) is 64.2 Å². The van der Waals surface area contributed by atoms with Gasteiger partial charge in [-0.3, -0.25) is 0 Å². The second-order valence-electron chi connectivity index (χ2n) is 0. The van der Waals surface area contributed by atoms with E-state index < -0.39 is 0 Å². The summed E-state index contributed by atoms with van der Waals surface area (Å²) < 4.78 is 0. The maximum atomic E-state index is 8.00. The summed E-state index contributed by atoms with van der Waals surface area (Å²) in [5.74, 6) is 0. The van der Waals surface area contributed by atoms with Crippen molar-refractivity contribution in [3.63, 3.8) is 0 Å². The molecule has 0 aromatic rings. The summed E-state index contributed by atoms with van der Waals surface area (Å²) in [6, 6.07) is 0. The van der Waals surface area contributed by atoms with Crippen molar-refractivity contribution < 1.29 is 64.2 Å². The third kappa shape index (κ3) is 28.7. The van der Waals surface area contributed by atoms with Crippen molar-refractivity contribution in [2.24, 2.45) is 0 Å². The van der Waals surface area contributed by atoms with Gasteiger partial charge in [0, 0.05) is 59.4 Å². The molecule has 0 aromatic carbocycles. The molecule has 0 aromatic heterocycles. The van der Waals surface area contributed by atoms with Crippen molar-refractivity contribution >= 4 is 6.79 Å². The van der Waals surface area contributed by atoms with Crippen LogP contribution in [0, 0.1) is 0 Å². The first kappa shape index (κ1) is 30.8. The molecule has 0 N–H and O–H groups in total. The third-order valence-electron chi connectivity index (χ3n) is 0. The molecule has 0 amide bonds. The Morgan fingerprint density at radius 3 is 0.800 bits per heavy atom. The van der Waals surface area contributed by atoms with E-state index in [0.717, 1.165) is 0 Å². The van der Waals surface area contributed by atoms with Gasteiger partial charge in [0.2, 0.25) is 0 Å². The monoisotopic (exact) mass is 606 g/mol. The van der Waals surface area contributed by atoms with Gasteiger partial charge in [0.15, 0.2) is 0 Å². The molecule has 0 fully saturated rings. The Morgan fingerprint density at radius 2 is 0.800 bits per heavy atom. The molecule has 0 rings (SSSR count). The molecule has 0 unspecified atom stereocenters. The van der Waals surface area contributed by atoms with E-state index in [4.69, 9.17) is 4.79 Å². The summed E-state index contributed by atoms with van der Waals surface area (Å²) in [5, 5.41) is 0. The maximum absolute atomic E-state index is 8.00. The van der Waals surface area contributed by atoms with Crippen LogP contribution in [0.25, 0.3) is 0 Å². The van der Waals surface area contributed by atoms with E-state index in [9.17, 15) is 0 Å². The maximum Gasteiger partial charge on any atom is 0.106 e. The van der Waals surface area contributed by atoms with Crippen LogP contribution in [0.15, 0.2) is 0 Å². The quantitative estimate of drug-likeness (QED) is 0.377. The van der Waals surface area contributed by atoms with Crippen molar-refractivity contribution in [3.05, 3.63) is 0 Å². The van der Waals surface area contributed by atoms with Crippen molar-refractivity contribution in [1.82, 2.24) is 0 Å². The number of hydrogen-bond acceptors (Lipinski definition) is 1. The number of hydrogen-bond donors (Lipinski definition) is 0. The van der Waals surface area contributed by atoms with E-state index in [-0.39, 0.29) is 59.4 Å². The van der Waals surface area contributed by atoms with Crippen molar-refractivity contribution in [1.29, 1.82) is 0 Å². The van der Waals surface area contributed by atoms with E-state index >= 15 is 0 Å². The van der Waals surface area contributed by atoms with Gasteiger partial charge in [0.25, 0.3) is 0 Å². The minimum atomic E-state index is 0. The first-order chi connectivity index (χ1) is 1.00. The zero-order valence-electron chi connectivity index (χ0n) is 2.18. The predicted octanol–water partition coefficient (Wildman–Crippen LogP) is -0.192. The molecular weight excluding hydrogens is 599 g/mol. The van der Waals surface area contributed by atoms with Gasteiger partial charge in [0.1, 0.15) is 6.79 Å². The van der Waals surface area contributed by atoms with E-state index in [1.807, 2.05) is 6.79 Å². The summed E-state index contributed by atoms with van der Waals surface area (Å²) in [7, 11) is 0. The molecule has 0 aliphatic rings. The topological polar surface area (TPSA) is 17.1 Å². The Hall–Kier alpha value is 1.58. The zero-order chi connectivity index (χ0) is 2.00. The van der Waals surface area contributed by atoms with Crippen LogP contribution in [-0.4, -0.2) is 6.79 Å². The Kier molecular flexibility index (Phi) is 289. The van der Waals surface area contributed by atoms with Crippen LogP contribution < -0.4 is 0 Å². The fourth-order valence-electron chi connectivity index (χ4n) is 0. The summed E-state index contributed by atoms with van der Waals surface area (Å²) in [6.45, 7) is 2.00. The Balaban J connectivity index is -0.00000000167. The second kappa shape index (κ2) is 46.9. The van der Waals surface area contributed by atoms with Crippen LogP contribution in [0.4, 0.5) is 0 Å². The number of carbonyl (C=O) groups is 1. The standard InChI is InChI=1S/CH2O.3Os/c1-2;;;/h1H2;;;. The molecule has 0 aliphatic carbocycles. The molecule has 5 heavy (non-hydrogen) atoms. The smallest absolute Gasteiger partial charge is 0.106 e. The van der Waals surface area contributed by atoms with Gasteiger partial charge < -0.3 is 4.79 Å². The first-order valence-corrected chi connectivity index (χ1v) is 0.289. The molecular formula is CH2OOs3. The second-order valence-corrected chi connectivity index (χ2v) is 0. The van der Waals surface area contributed by atoms with Crippen LogP contribution >= 0.6 is 0 Å². The molecule has 1 nitrogen and oxygen atoms in total. The molecule has 4 heteroatoms. The Labute approximate surface area is 70.4 Å². The van der Waals surface area contributed by atoms with Crippen LogP contribution in [0.1, 0.15) is 0 Å². The normalized spacial score (nSPS) is 0.800. The van der Waals surface area contributed by atoms with Gasteiger partial charge in [-0.1, -0.05) is 0 Å². The summed E-state index contributed by atoms with van der Waals surface area (Å²) in [6.07, 6.45) is 0. The number of rotatable bonds is 0. The Bertz CT molecular complexity index is 6.85. The van der Waals surface area contributed by atoms with Gasteiger partial charge in [-0.05, 0) is 0 Å². The first-order valence-electron chi connectivity index (χ1n) is 0.289. The average Bonchev–Trinajstić information content (AvgIpc) is 1.00. The van der Waals surface area contributed by atoms with Gasteiger partial charge in [0.05, 0.1) is 0 Å². The SMILES string of the molecule is C=O.[Os].[Os].[Os]. The van der Waals surface area contributed by atoms with Gasteiger partial charge in [-0.15, -0.1) is 0 Å². The average molecular weight is 601 g/mol. The fraction of sp³-hybridized carbons (Fsp3) is 0. The minimum Gasteiger partial charge on any atom is -0.307 e. The molecule has 0 bridgehead atoms. The number of carbonyl (C=O) groups excluding carboxylic acids is 1. The van der Waals surface area contributed by atoms with Gasteiger partial charge in [-0.2, -0.15) is 0 Å². The van der Waals surface area contributed by atoms with E-state index in [1.54, 1.807) is 0 Å². The molecule has 36 valence electrons. The molecule has 0 spiro atoms. The molecule has 0 aliphatic heterocycles. The third-order valence-corrected chi connectivity index (χ3v) is 0. The molecule has 0 radical (unpaired) electrons. The van der Waals surface area contributed by atoms with Crippen LogP contribution in [0.2, 0.25) is 0 Å². The largest absolute Gasteiger partial charge is 0.307 e. The molecule has 0 atom stereocenters. The van der Waals surface area contributed by atoms with Gasteiger partial charge in [-0.25, -0.2) is 0 Å². The molecule has 0 saturated carbocycles. The minimum absolute atomic E-state index is 0. The van der Waals surface area contributed by atoms with E-state index in [0.29, 0.717) is 0 Å². The summed E-state index contributed by atoms with van der Waals surface area (Å²) in [5.41, 5.74) is 0. The van der Waals surface area contributed by atoms with Crippen molar-refractivity contribution in [2.75, 3.05) is 0 Å². The van der Waals surface area contributed by atoms with E-state index in [1.165, 1.54) is 0 Å². The Morgan fingerprint density at radius 1 is 0.800 bits per heavy atom. The molecule has 0 saturated heterocycles. The van der Waals surface area contributed by atoms with Crippen LogP contribution in [0.3, 0.4) is 0 Å². The predicted molar refractivity (Wildman–Crippen MR) is 7.12 cm³/mol. The van der Waals surface area contributed by atoms with Crippen molar-refractivity contribution in [3.8, 4) is 0 Å². The van der Waals surface area contributed by atoms with Crippen LogP contribution in [0.5, 0.6) is 0 Å². The zero-order valence-corrected chi connectivity index (χ0v) is 9.80. The summed E-state index contributed by atoms with van der Waals surface area (Å²) >= 11 is 0. The van der Waals surface area contributed by atoms with Gasteiger partial charge >= 0.3 is 0 Å².